The van der Waals surface area contributed by atoms with Gasteiger partial charge < -0.3 is 19.9 Å². The highest BCUT2D eigenvalue weighted by atomic mass is 16.6. The average Bonchev–Trinajstić information content (AvgIpc) is 3.14. The minimum Gasteiger partial charge on any atom is -0.469 e. The molecule has 1 heterocycles. The van der Waals surface area contributed by atoms with Crippen LogP contribution >= 0.6 is 0 Å². The van der Waals surface area contributed by atoms with Crippen LogP contribution in [0.15, 0.2) is 70.9 Å². The zero-order chi connectivity index (χ0) is 22.3. The van der Waals surface area contributed by atoms with E-state index < -0.39 is 35.4 Å². The molecule has 0 aliphatic carbocycles. The van der Waals surface area contributed by atoms with Crippen LogP contribution in [0.2, 0.25) is 0 Å². The zero-order valence-corrected chi connectivity index (χ0v) is 17.0. The maximum Gasteiger partial charge on any atom is 0.350 e. The van der Waals surface area contributed by atoms with Crippen molar-refractivity contribution in [2.75, 3.05) is 13.7 Å². The highest BCUT2D eigenvalue weighted by Crippen LogP contribution is 2.37. The Kier molecular flexibility index (Phi) is 6.76. The highest BCUT2D eigenvalue weighted by Gasteiger charge is 2.67. The number of benzene rings is 2. The minimum absolute atomic E-state index is 0.114. The van der Waals surface area contributed by atoms with Crippen LogP contribution in [0.3, 0.4) is 0 Å². The standard InChI is InChI=1S/C22H23N3O6/c1-29-18(26)12-21(23)15-24-25-22(21,19(27)30-13-16-8-4-2-5-9-16)20(28)31-14-17-10-6-3-7-11-17/h2-11H,12-15,23H2,1H3. The molecule has 0 radical (unpaired) electrons. The number of hydrogen-bond acceptors (Lipinski definition) is 9. The van der Waals surface area contributed by atoms with Crippen LogP contribution in [0, 0.1) is 0 Å². The Morgan fingerprint density at radius 3 is 1.84 bits per heavy atom. The van der Waals surface area contributed by atoms with Gasteiger partial charge in [-0.2, -0.15) is 10.2 Å². The summed E-state index contributed by atoms with van der Waals surface area (Å²) in [4.78, 5) is 38.3. The van der Waals surface area contributed by atoms with Gasteiger partial charge in [-0.25, -0.2) is 9.59 Å². The van der Waals surface area contributed by atoms with Gasteiger partial charge in [-0.1, -0.05) is 60.7 Å². The van der Waals surface area contributed by atoms with Gasteiger partial charge in [0.1, 0.15) is 13.2 Å². The van der Waals surface area contributed by atoms with Crippen molar-refractivity contribution >= 4 is 17.9 Å². The lowest BCUT2D eigenvalue weighted by atomic mass is 9.76. The molecule has 0 saturated heterocycles. The first-order chi connectivity index (χ1) is 14.9. The Labute approximate surface area is 179 Å². The minimum atomic E-state index is -2.33. The molecule has 2 aromatic rings. The number of esters is 3. The van der Waals surface area contributed by atoms with Crippen LogP contribution in [0.5, 0.6) is 0 Å². The van der Waals surface area contributed by atoms with E-state index in [0.717, 1.165) is 0 Å². The van der Waals surface area contributed by atoms with E-state index in [9.17, 15) is 14.4 Å². The van der Waals surface area contributed by atoms with Gasteiger partial charge in [-0.3, -0.25) is 4.79 Å². The van der Waals surface area contributed by atoms with Gasteiger partial charge in [-0.15, -0.1) is 0 Å². The first-order valence-corrected chi connectivity index (χ1v) is 9.58. The predicted octanol–water partition coefficient (Wildman–Crippen LogP) is 1.94. The van der Waals surface area contributed by atoms with E-state index in [0.29, 0.717) is 11.1 Å². The largest absolute Gasteiger partial charge is 0.469 e. The highest BCUT2D eigenvalue weighted by molar-refractivity contribution is 6.08. The predicted molar refractivity (Wildman–Crippen MR) is 108 cm³/mol. The molecule has 9 nitrogen and oxygen atoms in total. The Hall–Kier alpha value is -3.59. The monoisotopic (exact) mass is 425 g/mol. The molecule has 1 aliphatic rings. The van der Waals surface area contributed by atoms with Crippen LogP contribution in [-0.2, 0) is 41.8 Å². The van der Waals surface area contributed by atoms with Crippen molar-refractivity contribution in [3.8, 4) is 0 Å². The number of nitrogens with zero attached hydrogens (tertiary/aromatic N) is 2. The van der Waals surface area contributed by atoms with E-state index in [1.54, 1.807) is 48.5 Å². The van der Waals surface area contributed by atoms with E-state index >= 15 is 0 Å². The van der Waals surface area contributed by atoms with E-state index in [4.69, 9.17) is 15.2 Å². The first-order valence-electron chi connectivity index (χ1n) is 9.58. The summed E-state index contributed by atoms with van der Waals surface area (Å²) in [6.07, 6.45) is -0.475. The van der Waals surface area contributed by atoms with Crippen molar-refractivity contribution in [1.82, 2.24) is 0 Å². The van der Waals surface area contributed by atoms with E-state index in [1.807, 2.05) is 12.1 Å². The van der Waals surface area contributed by atoms with E-state index in [-0.39, 0.29) is 19.8 Å². The van der Waals surface area contributed by atoms with E-state index in [2.05, 4.69) is 15.0 Å². The Balaban J connectivity index is 1.87. The van der Waals surface area contributed by atoms with Gasteiger partial charge in [0.05, 0.1) is 25.6 Å². The number of carbonyl (C=O) groups is 3. The second kappa shape index (κ2) is 9.48. The average molecular weight is 425 g/mol. The number of methoxy groups -OCH3 is 1. The van der Waals surface area contributed by atoms with Gasteiger partial charge in [0.2, 0.25) is 0 Å². The number of nitrogens with two attached hydrogens (primary N) is 1. The quantitative estimate of drug-likeness (QED) is 0.389. The van der Waals surface area contributed by atoms with Crippen LogP contribution < -0.4 is 5.73 Å². The summed E-state index contributed by atoms with van der Waals surface area (Å²) in [6.45, 7) is -0.475. The van der Waals surface area contributed by atoms with Crippen molar-refractivity contribution in [2.45, 2.75) is 30.7 Å². The fourth-order valence-corrected chi connectivity index (χ4v) is 3.22. The number of hydrogen-bond donors (Lipinski definition) is 1. The Morgan fingerprint density at radius 1 is 0.903 bits per heavy atom. The molecule has 3 rings (SSSR count). The third-order valence-corrected chi connectivity index (χ3v) is 5.00. The molecule has 1 atom stereocenters. The molecule has 0 bridgehead atoms. The summed E-state index contributed by atoms with van der Waals surface area (Å²) in [7, 11) is 1.18. The van der Waals surface area contributed by atoms with Crippen LogP contribution in [0.25, 0.3) is 0 Å². The van der Waals surface area contributed by atoms with Crippen molar-refractivity contribution in [2.24, 2.45) is 16.0 Å². The molecular weight excluding hydrogens is 402 g/mol. The molecule has 0 saturated carbocycles. The van der Waals surface area contributed by atoms with Crippen LogP contribution in [-0.4, -0.2) is 42.6 Å². The smallest absolute Gasteiger partial charge is 0.350 e. The first kappa shape index (κ1) is 22.1. The molecule has 2 N–H and O–H groups in total. The third-order valence-electron chi connectivity index (χ3n) is 5.00. The van der Waals surface area contributed by atoms with Gasteiger partial charge >= 0.3 is 17.9 Å². The number of rotatable bonds is 8. The number of azo groups is 1. The lowest BCUT2D eigenvalue weighted by Crippen LogP contribution is -2.68. The normalized spacial score (nSPS) is 18.9. The molecule has 1 unspecified atom stereocenters. The molecule has 0 spiro atoms. The SMILES string of the molecule is COC(=O)CC1(N)CN=NC1(C(=O)OCc1ccccc1)C(=O)OCc1ccccc1. The molecule has 0 amide bonds. The van der Waals surface area contributed by atoms with Gasteiger partial charge in [0.15, 0.2) is 0 Å². The molecule has 0 aromatic heterocycles. The second-order valence-corrected chi connectivity index (χ2v) is 7.14. The van der Waals surface area contributed by atoms with Gasteiger partial charge in [-0.05, 0) is 11.1 Å². The second-order valence-electron chi connectivity index (χ2n) is 7.14. The lowest BCUT2D eigenvalue weighted by Gasteiger charge is -2.34. The van der Waals surface area contributed by atoms with Crippen molar-refractivity contribution in [3.05, 3.63) is 71.8 Å². The summed E-state index contributed by atoms with van der Waals surface area (Å²) in [5.74, 6) is -2.80. The molecule has 31 heavy (non-hydrogen) atoms. The van der Waals surface area contributed by atoms with Gasteiger partial charge in [0.25, 0.3) is 5.54 Å². The van der Waals surface area contributed by atoms with Crippen molar-refractivity contribution in [3.63, 3.8) is 0 Å². The summed E-state index contributed by atoms with van der Waals surface area (Å²) in [6, 6.07) is 17.8. The Bertz CT molecular complexity index is 908. The van der Waals surface area contributed by atoms with Crippen molar-refractivity contribution in [1.29, 1.82) is 0 Å². The maximum atomic E-state index is 13.2. The number of carbonyl (C=O) groups excluding carboxylic acids is 3. The molecule has 9 heteroatoms. The molecule has 1 aliphatic heterocycles. The zero-order valence-electron chi connectivity index (χ0n) is 17.0. The van der Waals surface area contributed by atoms with Crippen LogP contribution in [0.1, 0.15) is 17.5 Å². The summed E-state index contributed by atoms with van der Waals surface area (Å²) < 4.78 is 15.4. The van der Waals surface area contributed by atoms with Crippen LogP contribution in [0.4, 0.5) is 0 Å². The van der Waals surface area contributed by atoms with Gasteiger partial charge in [0, 0.05) is 0 Å². The summed E-state index contributed by atoms with van der Waals surface area (Å²) in [5, 5.41) is 7.70. The number of ether oxygens (including phenoxy) is 3. The molecule has 0 fully saturated rings. The fraction of sp³-hybridized carbons (Fsp3) is 0.318. The Morgan fingerprint density at radius 2 is 1.39 bits per heavy atom. The van der Waals surface area contributed by atoms with E-state index in [1.165, 1.54) is 7.11 Å². The van der Waals surface area contributed by atoms with Crippen molar-refractivity contribution < 1.29 is 28.6 Å². The fourth-order valence-electron chi connectivity index (χ4n) is 3.22. The summed E-state index contributed by atoms with van der Waals surface area (Å²) >= 11 is 0. The molecule has 2 aromatic carbocycles. The summed E-state index contributed by atoms with van der Waals surface area (Å²) in [5.41, 5.74) is 3.65. The maximum absolute atomic E-state index is 13.2. The molecule has 162 valence electrons. The third kappa shape index (κ3) is 4.61. The lowest BCUT2D eigenvalue weighted by molar-refractivity contribution is -0.169. The molecular formula is C22H23N3O6. The topological polar surface area (TPSA) is 130 Å².